The Labute approximate surface area is 114 Å². The third kappa shape index (κ3) is 2.43. The van der Waals surface area contributed by atoms with Crippen molar-refractivity contribution in [2.75, 3.05) is 7.05 Å². The van der Waals surface area contributed by atoms with Crippen LogP contribution in [0.3, 0.4) is 0 Å². The summed E-state index contributed by atoms with van der Waals surface area (Å²) in [4.78, 5) is 14.2. The van der Waals surface area contributed by atoms with Crippen LogP contribution in [0.2, 0.25) is 0 Å². The molecule has 3 atom stereocenters. The first-order valence-corrected chi connectivity index (χ1v) is 6.60. The Balaban J connectivity index is 2.35. The van der Waals surface area contributed by atoms with Gasteiger partial charge in [0.15, 0.2) is 0 Å². The molecule has 1 aromatic rings. The third-order valence-electron chi connectivity index (χ3n) is 3.87. The van der Waals surface area contributed by atoms with E-state index in [4.69, 9.17) is 4.74 Å². The number of nitrogens with zero attached hydrogens (tertiary/aromatic N) is 1. The van der Waals surface area contributed by atoms with Gasteiger partial charge in [0.05, 0.1) is 6.04 Å². The molecule has 3 heteroatoms. The molecule has 0 radical (unpaired) electrons. The second kappa shape index (κ2) is 5.17. The molecule has 0 unspecified atom stereocenters. The molecule has 1 aliphatic heterocycles. The minimum absolute atomic E-state index is 0.0204. The Morgan fingerprint density at radius 2 is 2.05 bits per heavy atom. The zero-order valence-electron chi connectivity index (χ0n) is 11.8. The van der Waals surface area contributed by atoms with Crippen molar-refractivity contribution in [3.63, 3.8) is 0 Å². The molecule has 3 nitrogen and oxygen atoms in total. The lowest BCUT2D eigenvalue weighted by Gasteiger charge is -2.46. The predicted octanol–water partition coefficient (Wildman–Crippen LogP) is 2.94. The maximum absolute atomic E-state index is 12.4. The van der Waals surface area contributed by atoms with Crippen molar-refractivity contribution in [3.05, 3.63) is 48.6 Å². The van der Waals surface area contributed by atoms with Gasteiger partial charge in [0.25, 0.3) is 5.91 Å². The van der Waals surface area contributed by atoms with Crippen LogP contribution in [0.25, 0.3) is 0 Å². The lowest BCUT2D eigenvalue weighted by atomic mass is 9.92. The number of likely N-dealkylation sites (N-methyl/N-ethyl adjacent to an activating group) is 1. The number of benzene rings is 1. The summed E-state index contributed by atoms with van der Waals surface area (Å²) in [7, 11) is 1.84. The van der Waals surface area contributed by atoms with Crippen LogP contribution in [0.5, 0.6) is 0 Å². The molecular weight excluding hydrogens is 238 g/mol. The molecule has 1 amide bonds. The summed E-state index contributed by atoms with van der Waals surface area (Å²) >= 11 is 0. The van der Waals surface area contributed by atoms with Crippen LogP contribution in [0.15, 0.2) is 43.0 Å². The molecule has 0 spiro atoms. The molecule has 0 saturated carbocycles. The molecule has 0 aliphatic carbocycles. The quantitative estimate of drug-likeness (QED) is 0.781. The second-order valence-corrected chi connectivity index (χ2v) is 5.33. The molecule has 0 bridgehead atoms. The number of rotatable bonds is 3. The van der Waals surface area contributed by atoms with Crippen LogP contribution in [0.4, 0.5) is 0 Å². The van der Waals surface area contributed by atoms with Gasteiger partial charge < -0.3 is 9.64 Å². The fraction of sp³-hybridized carbons (Fsp3) is 0.438. The zero-order chi connectivity index (χ0) is 14.0. The van der Waals surface area contributed by atoms with Gasteiger partial charge >= 0.3 is 0 Å². The number of amides is 1. The summed E-state index contributed by atoms with van der Waals surface area (Å²) in [5, 5.41) is 0. The highest BCUT2D eigenvalue weighted by atomic mass is 16.5. The van der Waals surface area contributed by atoms with Crippen molar-refractivity contribution in [3.8, 4) is 0 Å². The summed E-state index contributed by atoms with van der Waals surface area (Å²) in [5.74, 6) is 0.0204. The van der Waals surface area contributed by atoms with Crippen LogP contribution in [0.1, 0.15) is 31.9 Å². The van der Waals surface area contributed by atoms with Gasteiger partial charge in [-0.15, -0.1) is 6.58 Å². The number of morpholine rings is 1. The van der Waals surface area contributed by atoms with Gasteiger partial charge in [-0.1, -0.05) is 36.4 Å². The second-order valence-electron chi connectivity index (χ2n) is 5.33. The summed E-state index contributed by atoms with van der Waals surface area (Å²) < 4.78 is 6.13. The average molecular weight is 259 g/mol. The minimum atomic E-state index is -0.816. The van der Waals surface area contributed by atoms with Crippen molar-refractivity contribution in [2.24, 2.45) is 0 Å². The molecule has 102 valence electrons. The SMILES string of the molecule is C=CC[C@@]1(C)O[C@H](c2ccccc2)[C@H](C)N(C)C1=O. The topological polar surface area (TPSA) is 29.5 Å². The normalized spacial score (nSPS) is 31.3. The monoisotopic (exact) mass is 259 g/mol. The van der Waals surface area contributed by atoms with E-state index in [9.17, 15) is 4.79 Å². The van der Waals surface area contributed by atoms with E-state index in [0.717, 1.165) is 5.56 Å². The highest BCUT2D eigenvalue weighted by molar-refractivity contribution is 5.86. The molecule has 1 heterocycles. The van der Waals surface area contributed by atoms with Crippen molar-refractivity contribution >= 4 is 5.91 Å². The smallest absolute Gasteiger partial charge is 0.254 e. The van der Waals surface area contributed by atoms with Gasteiger partial charge in [-0.3, -0.25) is 4.79 Å². The Bertz CT molecular complexity index is 471. The maximum atomic E-state index is 12.4. The van der Waals surface area contributed by atoms with Crippen LogP contribution in [-0.2, 0) is 9.53 Å². The number of hydrogen-bond acceptors (Lipinski definition) is 2. The largest absolute Gasteiger partial charge is 0.355 e. The number of carbonyl (C=O) groups is 1. The van der Waals surface area contributed by atoms with Crippen LogP contribution < -0.4 is 0 Å². The highest BCUT2D eigenvalue weighted by Crippen LogP contribution is 2.37. The molecule has 1 aliphatic rings. The van der Waals surface area contributed by atoms with Crippen molar-refractivity contribution in [2.45, 2.75) is 38.0 Å². The van der Waals surface area contributed by atoms with Gasteiger partial charge in [0.1, 0.15) is 11.7 Å². The fourth-order valence-electron chi connectivity index (χ4n) is 2.59. The van der Waals surface area contributed by atoms with Crippen LogP contribution in [-0.4, -0.2) is 29.5 Å². The molecular formula is C16H21NO2. The molecule has 1 saturated heterocycles. The molecule has 1 aromatic carbocycles. The average Bonchev–Trinajstić information content (AvgIpc) is 2.42. The van der Waals surface area contributed by atoms with Crippen LogP contribution >= 0.6 is 0 Å². The van der Waals surface area contributed by atoms with Gasteiger partial charge in [-0.05, 0) is 19.4 Å². The van der Waals surface area contributed by atoms with E-state index in [1.54, 1.807) is 11.0 Å². The minimum Gasteiger partial charge on any atom is -0.355 e. The van der Waals surface area contributed by atoms with Gasteiger partial charge in [0.2, 0.25) is 0 Å². The summed E-state index contributed by atoms with van der Waals surface area (Å²) in [6, 6.07) is 10.1. The van der Waals surface area contributed by atoms with Crippen LogP contribution in [0, 0.1) is 0 Å². The van der Waals surface area contributed by atoms with Crippen molar-refractivity contribution < 1.29 is 9.53 Å². The van der Waals surface area contributed by atoms with Gasteiger partial charge in [-0.25, -0.2) is 0 Å². The van der Waals surface area contributed by atoms with Crippen molar-refractivity contribution in [1.29, 1.82) is 0 Å². The Hall–Kier alpha value is -1.61. The number of carbonyl (C=O) groups excluding carboxylic acids is 1. The summed E-state index contributed by atoms with van der Waals surface area (Å²) in [6.45, 7) is 7.59. The molecule has 1 fully saturated rings. The lowest BCUT2D eigenvalue weighted by Crippen LogP contribution is -2.58. The summed E-state index contributed by atoms with van der Waals surface area (Å²) in [6.07, 6.45) is 2.16. The van der Waals surface area contributed by atoms with Gasteiger partial charge in [-0.2, -0.15) is 0 Å². The number of hydrogen-bond donors (Lipinski definition) is 0. The predicted molar refractivity (Wildman–Crippen MR) is 75.7 cm³/mol. The molecule has 0 aromatic heterocycles. The highest BCUT2D eigenvalue weighted by Gasteiger charge is 2.46. The Morgan fingerprint density at radius 3 is 2.63 bits per heavy atom. The third-order valence-corrected chi connectivity index (χ3v) is 3.87. The van der Waals surface area contributed by atoms with E-state index in [1.807, 2.05) is 51.2 Å². The summed E-state index contributed by atoms with van der Waals surface area (Å²) in [5.41, 5.74) is 0.286. The van der Waals surface area contributed by atoms with E-state index in [2.05, 4.69) is 6.58 Å². The van der Waals surface area contributed by atoms with E-state index in [1.165, 1.54) is 0 Å². The zero-order valence-corrected chi connectivity index (χ0v) is 11.8. The molecule has 2 rings (SSSR count). The maximum Gasteiger partial charge on any atom is 0.254 e. The van der Waals surface area contributed by atoms with Gasteiger partial charge in [0, 0.05) is 13.5 Å². The first-order valence-electron chi connectivity index (χ1n) is 6.60. The lowest BCUT2D eigenvalue weighted by molar-refractivity contribution is -0.191. The first-order chi connectivity index (χ1) is 8.99. The van der Waals surface area contributed by atoms with Crippen molar-refractivity contribution in [1.82, 2.24) is 4.90 Å². The fourth-order valence-corrected chi connectivity index (χ4v) is 2.59. The number of ether oxygens (including phenoxy) is 1. The Morgan fingerprint density at radius 1 is 1.42 bits per heavy atom. The first kappa shape index (κ1) is 13.8. The molecule has 19 heavy (non-hydrogen) atoms. The standard InChI is InChI=1S/C16H21NO2/c1-5-11-16(3)15(18)17(4)12(2)14(19-16)13-9-7-6-8-10-13/h5-10,12,14H,1,11H2,2-4H3/t12-,14-,16+/m0/s1. The Kier molecular flexibility index (Phi) is 3.76. The molecule has 0 N–H and O–H groups in total. The van der Waals surface area contributed by atoms with E-state index < -0.39 is 5.60 Å². The van der Waals surface area contributed by atoms with E-state index in [0.29, 0.717) is 6.42 Å². The van der Waals surface area contributed by atoms with E-state index >= 15 is 0 Å². The van der Waals surface area contributed by atoms with E-state index in [-0.39, 0.29) is 18.1 Å².